The lowest BCUT2D eigenvalue weighted by atomic mass is 10.2. The summed E-state index contributed by atoms with van der Waals surface area (Å²) in [5.41, 5.74) is 0. The number of thiol groups is 1. The summed E-state index contributed by atoms with van der Waals surface area (Å²) < 4.78 is 25.8. The number of thiophene rings is 1. The van der Waals surface area contributed by atoms with Crippen LogP contribution in [0.1, 0.15) is 11.3 Å². The van der Waals surface area contributed by atoms with Crippen molar-refractivity contribution in [2.24, 2.45) is 0 Å². The minimum Gasteiger partial charge on any atom is -0.204 e. The van der Waals surface area contributed by atoms with Crippen molar-refractivity contribution < 1.29 is 8.78 Å². The molecule has 0 aliphatic carbocycles. The van der Waals surface area contributed by atoms with Gasteiger partial charge in [0.2, 0.25) is 0 Å². The molecule has 1 heterocycles. The lowest BCUT2D eigenvalue weighted by molar-refractivity contribution is 0.153. The molecule has 0 aliphatic heterocycles. The fraction of sp³-hybridized carbons (Fsp3) is 0.111. The third-order valence-electron chi connectivity index (χ3n) is 1.85. The predicted molar refractivity (Wildman–Crippen MR) is 59.0 cm³/mol. The van der Waals surface area contributed by atoms with Crippen LogP contribution in [0.25, 0.3) is 10.1 Å². The summed E-state index contributed by atoms with van der Waals surface area (Å²) in [4.78, 5) is 0.341. The van der Waals surface area contributed by atoms with E-state index in [1.165, 1.54) is 0 Å². The van der Waals surface area contributed by atoms with Crippen LogP contribution in [0.15, 0.2) is 23.1 Å². The van der Waals surface area contributed by atoms with Crippen LogP contribution in [0.5, 0.6) is 0 Å². The quantitative estimate of drug-likeness (QED) is 0.692. The smallest absolute Gasteiger partial charge is 0.204 e. The van der Waals surface area contributed by atoms with Gasteiger partial charge in [0.1, 0.15) is 0 Å². The Bertz CT molecular complexity index is 479. The molecule has 0 nitrogen and oxygen atoms in total. The molecule has 1 aromatic heterocycles. The molecular weight excluding hydrogens is 246 g/mol. The summed E-state index contributed by atoms with van der Waals surface area (Å²) >= 11 is 10.9. The summed E-state index contributed by atoms with van der Waals surface area (Å²) in [5.74, 6) is 0. The van der Waals surface area contributed by atoms with Crippen LogP contribution >= 0.6 is 35.6 Å². The Morgan fingerprint density at radius 1 is 1.36 bits per heavy atom. The molecular formula is C9H5ClF2S2. The Morgan fingerprint density at radius 3 is 2.71 bits per heavy atom. The van der Waals surface area contributed by atoms with Gasteiger partial charge in [0.05, 0.1) is 4.88 Å². The zero-order chi connectivity index (χ0) is 10.3. The van der Waals surface area contributed by atoms with E-state index in [1.807, 2.05) is 0 Å². The first-order valence-corrected chi connectivity index (χ1v) is 5.43. The highest BCUT2D eigenvalue weighted by Gasteiger charge is 2.17. The Kier molecular flexibility index (Phi) is 2.68. The standard InChI is InChI=1S/C9H5ClF2S2/c10-4-1-2-6-5(3-4)7(13)8(14-6)9(11)12/h1-3,9,13H. The van der Waals surface area contributed by atoms with Crippen molar-refractivity contribution >= 4 is 45.7 Å². The van der Waals surface area contributed by atoms with Crippen LogP contribution in [-0.2, 0) is 0 Å². The van der Waals surface area contributed by atoms with Gasteiger partial charge in [-0.2, -0.15) is 0 Å². The number of halogens is 3. The first-order chi connectivity index (χ1) is 6.59. The Morgan fingerprint density at radius 2 is 2.07 bits per heavy atom. The zero-order valence-electron chi connectivity index (χ0n) is 6.80. The number of hydrogen-bond acceptors (Lipinski definition) is 2. The van der Waals surface area contributed by atoms with Crippen molar-refractivity contribution in [2.45, 2.75) is 11.3 Å². The largest absolute Gasteiger partial charge is 0.273 e. The number of hydrogen-bond donors (Lipinski definition) is 1. The lowest BCUT2D eigenvalue weighted by Crippen LogP contribution is -1.77. The molecule has 0 atom stereocenters. The van der Waals surface area contributed by atoms with E-state index in [0.29, 0.717) is 15.3 Å². The maximum Gasteiger partial charge on any atom is 0.273 e. The van der Waals surface area contributed by atoms with Gasteiger partial charge in [0.25, 0.3) is 6.43 Å². The van der Waals surface area contributed by atoms with Crippen LogP contribution in [0.2, 0.25) is 5.02 Å². The molecule has 0 saturated carbocycles. The first-order valence-electron chi connectivity index (χ1n) is 3.78. The third-order valence-corrected chi connectivity index (χ3v) is 3.89. The van der Waals surface area contributed by atoms with Gasteiger partial charge in [0.15, 0.2) is 0 Å². The van der Waals surface area contributed by atoms with Gasteiger partial charge < -0.3 is 0 Å². The highest BCUT2D eigenvalue weighted by atomic mass is 35.5. The zero-order valence-corrected chi connectivity index (χ0v) is 9.27. The second kappa shape index (κ2) is 3.68. The fourth-order valence-corrected chi connectivity index (χ4v) is 2.83. The van der Waals surface area contributed by atoms with E-state index in [4.69, 9.17) is 11.6 Å². The third kappa shape index (κ3) is 1.62. The van der Waals surface area contributed by atoms with Crippen LogP contribution in [0.3, 0.4) is 0 Å². The molecule has 0 spiro atoms. The van der Waals surface area contributed by atoms with Gasteiger partial charge in [-0.3, -0.25) is 0 Å². The lowest BCUT2D eigenvalue weighted by Gasteiger charge is -1.94. The molecule has 74 valence electrons. The van der Waals surface area contributed by atoms with E-state index in [1.54, 1.807) is 18.2 Å². The Balaban J connectivity index is 2.74. The van der Waals surface area contributed by atoms with Crippen molar-refractivity contribution in [3.05, 3.63) is 28.1 Å². The SMILES string of the molecule is FC(F)c1sc2ccc(Cl)cc2c1S. The topological polar surface area (TPSA) is 0 Å². The van der Waals surface area contributed by atoms with E-state index in [-0.39, 0.29) is 4.88 Å². The summed E-state index contributed by atoms with van der Waals surface area (Å²) in [6, 6.07) is 5.07. The molecule has 14 heavy (non-hydrogen) atoms. The van der Waals surface area contributed by atoms with E-state index in [2.05, 4.69) is 12.6 Å². The maximum absolute atomic E-state index is 12.5. The molecule has 0 fully saturated rings. The average molecular weight is 251 g/mol. The molecule has 0 radical (unpaired) electrons. The number of fused-ring (bicyclic) bond motifs is 1. The van der Waals surface area contributed by atoms with Gasteiger partial charge in [-0.15, -0.1) is 24.0 Å². The number of benzene rings is 1. The molecule has 0 aliphatic rings. The van der Waals surface area contributed by atoms with E-state index in [9.17, 15) is 8.78 Å². The van der Waals surface area contributed by atoms with E-state index < -0.39 is 6.43 Å². The fourth-order valence-electron chi connectivity index (χ4n) is 1.22. The second-order valence-corrected chi connectivity index (χ2v) is 4.72. The normalized spacial score (nSPS) is 11.5. The second-order valence-electron chi connectivity index (χ2n) is 2.76. The van der Waals surface area contributed by atoms with Crippen LogP contribution < -0.4 is 0 Å². The predicted octanol–water partition coefficient (Wildman–Crippen LogP) is 4.78. The van der Waals surface area contributed by atoms with Crippen LogP contribution in [0, 0.1) is 0 Å². The maximum atomic E-state index is 12.5. The molecule has 0 unspecified atom stereocenters. The summed E-state index contributed by atoms with van der Waals surface area (Å²) in [7, 11) is 0. The van der Waals surface area contributed by atoms with Gasteiger partial charge in [0, 0.05) is 20.0 Å². The Labute approximate surface area is 93.9 Å². The van der Waals surface area contributed by atoms with Crippen molar-refractivity contribution in [3.63, 3.8) is 0 Å². The van der Waals surface area contributed by atoms with Crippen LogP contribution in [0.4, 0.5) is 8.78 Å². The molecule has 5 heteroatoms. The summed E-state index contributed by atoms with van der Waals surface area (Å²) in [6.45, 7) is 0. The molecule has 0 saturated heterocycles. The minimum atomic E-state index is -2.47. The highest BCUT2D eigenvalue weighted by molar-refractivity contribution is 7.80. The van der Waals surface area contributed by atoms with Gasteiger partial charge in [-0.1, -0.05) is 11.6 Å². The molecule has 0 N–H and O–H groups in total. The molecule has 2 aromatic rings. The van der Waals surface area contributed by atoms with Gasteiger partial charge in [-0.25, -0.2) is 8.78 Å². The van der Waals surface area contributed by atoms with Crippen molar-refractivity contribution in [1.82, 2.24) is 0 Å². The highest BCUT2D eigenvalue weighted by Crippen LogP contribution is 2.40. The molecule has 0 amide bonds. The van der Waals surface area contributed by atoms with Crippen molar-refractivity contribution in [2.75, 3.05) is 0 Å². The monoisotopic (exact) mass is 250 g/mol. The van der Waals surface area contributed by atoms with Crippen LogP contribution in [-0.4, -0.2) is 0 Å². The summed E-state index contributed by atoms with van der Waals surface area (Å²) in [5, 5.41) is 1.23. The Hall–Kier alpha value is -0.320. The molecule has 2 rings (SSSR count). The minimum absolute atomic E-state index is 0.00519. The average Bonchev–Trinajstić information content (AvgIpc) is 2.44. The molecule has 1 aromatic carbocycles. The summed E-state index contributed by atoms with van der Waals surface area (Å²) in [6.07, 6.45) is -2.47. The van der Waals surface area contributed by atoms with Crippen molar-refractivity contribution in [1.29, 1.82) is 0 Å². The molecule has 0 bridgehead atoms. The number of alkyl halides is 2. The first kappa shape index (κ1) is 10.2. The van der Waals surface area contributed by atoms with E-state index in [0.717, 1.165) is 16.0 Å². The van der Waals surface area contributed by atoms with E-state index >= 15 is 0 Å². The van der Waals surface area contributed by atoms with Gasteiger partial charge in [-0.05, 0) is 18.2 Å². The van der Waals surface area contributed by atoms with Crippen molar-refractivity contribution in [3.8, 4) is 0 Å². The number of rotatable bonds is 1. The van der Waals surface area contributed by atoms with Gasteiger partial charge >= 0.3 is 0 Å².